The fraction of sp³-hybridized carbons (Fsp3) is 0.923. The van der Waals surface area contributed by atoms with Gasteiger partial charge in [-0.15, -0.1) is 0 Å². The first-order valence-corrected chi connectivity index (χ1v) is 6.90. The largest absolute Gasteiger partial charge is 0.393 e. The monoisotopic (exact) mass is 242 g/mol. The van der Waals surface area contributed by atoms with Gasteiger partial charge in [-0.05, 0) is 32.2 Å². The van der Waals surface area contributed by atoms with Gasteiger partial charge in [0, 0.05) is 13.1 Å². The number of carbonyl (C=O) groups excluding carboxylic acids is 1. The number of likely N-dealkylation sites (tertiary alicyclic amines) is 1. The Morgan fingerprint density at radius 2 is 1.94 bits per heavy atom. The highest BCUT2D eigenvalue weighted by atomic mass is 16.3. The molecule has 0 aromatic heterocycles. The lowest BCUT2D eigenvalue weighted by atomic mass is 10.2. The molecule has 2 N–H and O–H groups in total. The molecule has 1 unspecified atom stereocenters. The van der Waals surface area contributed by atoms with Gasteiger partial charge in [0.15, 0.2) is 0 Å². The van der Waals surface area contributed by atoms with Gasteiger partial charge >= 0.3 is 0 Å². The van der Waals surface area contributed by atoms with E-state index in [9.17, 15) is 9.90 Å². The zero-order valence-electron chi connectivity index (χ0n) is 11.0. The number of amides is 1. The fourth-order valence-corrected chi connectivity index (χ4v) is 2.10. The van der Waals surface area contributed by atoms with E-state index in [0.29, 0.717) is 13.1 Å². The summed E-state index contributed by atoms with van der Waals surface area (Å²) in [4.78, 5) is 13.8. The lowest BCUT2D eigenvalue weighted by Gasteiger charge is -2.20. The first-order valence-electron chi connectivity index (χ1n) is 6.90. The standard InChI is InChI=1S/C13H26N2O2/c1-2-12(16)7-8-14-11-13(17)15-9-5-3-4-6-10-15/h12,14,16H,2-11H2,1H3. The maximum atomic E-state index is 11.9. The van der Waals surface area contributed by atoms with Crippen LogP contribution in [-0.4, -0.2) is 48.2 Å². The van der Waals surface area contributed by atoms with Crippen molar-refractivity contribution in [2.75, 3.05) is 26.2 Å². The second kappa shape index (κ2) is 8.48. The molecule has 4 heteroatoms. The molecule has 100 valence electrons. The van der Waals surface area contributed by atoms with Crippen LogP contribution in [0.5, 0.6) is 0 Å². The van der Waals surface area contributed by atoms with Gasteiger partial charge in [-0.2, -0.15) is 0 Å². The summed E-state index contributed by atoms with van der Waals surface area (Å²) >= 11 is 0. The molecule has 1 fully saturated rings. The van der Waals surface area contributed by atoms with Gasteiger partial charge in [0.2, 0.25) is 5.91 Å². The Morgan fingerprint density at radius 1 is 1.29 bits per heavy atom. The minimum Gasteiger partial charge on any atom is -0.393 e. The van der Waals surface area contributed by atoms with Crippen molar-refractivity contribution in [2.24, 2.45) is 0 Å². The Hall–Kier alpha value is -0.610. The molecule has 4 nitrogen and oxygen atoms in total. The number of nitrogens with zero attached hydrogens (tertiary/aromatic N) is 1. The van der Waals surface area contributed by atoms with Crippen LogP contribution in [0.15, 0.2) is 0 Å². The zero-order chi connectivity index (χ0) is 12.5. The van der Waals surface area contributed by atoms with Crippen molar-refractivity contribution in [3.63, 3.8) is 0 Å². The molecule has 0 aromatic carbocycles. The lowest BCUT2D eigenvalue weighted by Crippen LogP contribution is -2.39. The van der Waals surface area contributed by atoms with Crippen LogP contribution >= 0.6 is 0 Å². The number of aliphatic hydroxyl groups is 1. The van der Waals surface area contributed by atoms with E-state index in [1.54, 1.807) is 0 Å². The quantitative estimate of drug-likeness (QED) is 0.687. The van der Waals surface area contributed by atoms with Crippen LogP contribution in [0.25, 0.3) is 0 Å². The van der Waals surface area contributed by atoms with Crippen molar-refractivity contribution < 1.29 is 9.90 Å². The molecule has 1 atom stereocenters. The highest BCUT2D eigenvalue weighted by Gasteiger charge is 2.14. The van der Waals surface area contributed by atoms with Gasteiger partial charge in [0.05, 0.1) is 12.6 Å². The van der Waals surface area contributed by atoms with Gasteiger partial charge < -0.3 is 15.3 Å². The van der Waals surface area contributed by atoms with E-state index >= 15 is 0 Å². The summed E-state index contributed by atoms with van der Waals surface area (Å²) in [6.45, 7) is 4.92. The zero-order valence-corrected chi connectivity index (χ0v) is 11.0. The van der Waals surface area contributed by atoms with Crippen molar-refractivity contribution in [1.82, 2.24) is 10.2 Å². The number of carbonyl (C=O) groups is 1. The topological polar surface area (TPSA) is 52.6 Å². The van der Waals surface area contributed by atoms with Crippen molar-refractivity contribution in [1.29, 1.82) is 0 Å². The molecular formula is C13H26N2O2. The second-order valence-corrected chi connectivity index (χ2v) is 4.82. The number of hydrogen-bond donors (Lipinski definition) is 2. The van der Waals surface area contributed by atoms with E-state index in [0.717, 1.165) is 38.8 Å². The van der Waals surface area contributed by atoms with Crippen molar-refractivity contribution in [3.05, 3.63) is 0 Å². The molecule has 1 aliphatic heterocycles. The SMILES string of the molecule is CCC(O)CCNCC(=O)N1CCCCCC1. The predicted octanol–water partition coefficient (Wildman–Crippen LogP) is 1.14. The maximum absolute atomic E-state index is 11.9. The van der Waals surface area contributed by atoms with Crippen LogP contribution in [0.1, 0.15) is 45.4 Å². The number of aliphatic hydroxyl groups excluding tert-OH is 1. The third-order valence-electron chi connectivity index (χ3n) is 3.36. The molecule has 1 aliphatic rings. The van der Waals surface area contributed by atoms with Crippen LogP contribution in [0.3, 0.4) is 0 Å². The van der Waals surface area contributed by atoms with Gasteiger partial charge in [0.1, 0.15) is 0 Å². The molecular weight excluding hydrogens is 216 g/mol. The van der Waals surface area contributed by atoms with E-state index in [2.05, 4.69) is 5.32 Å². The van der Waals surface area contributed by atoms with Crippen molar-refractivity contribution in [3.8, 4) is 0 Å². The lowest BCUT2D eigenvalue weighted by molar-refractivity contribution is -0.130. The number of rotatable bonds is 6. The second-order valence-electron chi connectivity index (χ2n) is 4.82. The summed E-state index contributed by atoms with van der Waals surface area (Å²) in [6.07, 6.45) is 6.04. The number of hydrogen-bond acceptors (Lipinski definition) is 3. The molecule has 0 spiro atoms. The highest BCUT2D eigenvalue weighted by Crippen LogP contribution is 2.09. The predicted molar refractivity (Wildman–Crippen MR) is 68.8 cm³/mol. The first-order chi connectivity index (χ1) is 8.24. The summed E-state index contributed by atoms with van der Waals surface area (Å²) in [5.74, 6) is 0.206. The van der Waals surface area contributed by atoms with Gasteiger partial charge in [-0.1, -0.05) is 19.8 Å². The van der Waals surface area contributed by atoms with Crippen LogP contribution in [-0.2, 0) is 4.79 Å². The third kappa shape index (κ3) is 6.03. The maximum Gasteiger partial charge on any atom is 0.236 e. The first kappa shape index (κ1) is 14.5. The van der Waals surface area contributed by atoms with E-state index in [4.69, 9.17) is 0 Å². The Bertz CT molecular complexity index is 213. The molecule has 0 radical (unpaired) electrons. The number of nitrogens with one attached hydrogen (secondary N) is 1. The van der Waals surface area contributed by atoms with Gasteiger partial charge in [-0.3, -0.25) is 4.79 Å². The molecule has 1 saturated heterocycles. The molecule has 1 heterocycles. The van der Waals surface area contributed by atoms with E-state index < -0.39 is 0 Å². The smallest absolute Gasteiger partial charge is 0.236 e. The Morgan fingerprint density at radius 3 is 2.53 bits per heavy atom. The average molecular weight is 242 g/mol. The van der Waals surface area contributed by atoms with Crippen LogP contribution < -0.4 is 5.32 Å². The highest BCUT2D eigenvalue weighted by molar-refractivity contribution is 5.78. The minimum atomic E-state index is -0.240. The molecule has 0 aromatic rings. The van der Waals surface area contributed by atoms with Gasteiger partial charge in [-0.25, -0.2) is 0 Å². The van der Waals surface area contributed by atoms with Gasteiger partial charge in [0.25, 0.3) is 0 Å². The Labute approximate surface area is 104 Å². The summed E-state index contributed by atoms with van der Waals surface area (Å²) in [5.41, 5.74) is 0. The molecule has 1 amide bonds. The Kier molecular flexibility index (Phi) is 7.21. The summed E-state index contributed by atoms with van der Waals surface area (Å²) in [5, 5.41) is 12.5. The normalized spacial score (nSPS) is 18.8. The summed E-state index contributed by atoms with van der Waals surface area (Å²) < 4.78 is 0. The fourth-order valence-electron chi connectivity index (χ4n) is 2.10. The summed E-state index contributed by atoms with van der Waals surface area (Å²) in [6, 6.07) is 0. The van der Waals surface area contributed by atoms with Crippen LogP contribution in [0.4, 0.5) is 0 Å². The molecule has 1 rings (SSSR count). The van der Waals surface area contributed by atoms with E-state index in [1.807, 2.05) is 11.8 Å². The molecule has 0 bridgehead atoms. The average Bonchev–Trinajstić information content (AvgIpc) is 2.62. The minimum absolute atomic E-state index is 0.206. The van der Waals surface area contributed by atoms with Crippen molar-refractivity contribution >= 4 is 5.91 Å². The molecule has 0 aliphatic carbocycles. The molecule has 0 saturated carbocycles. The van der Waals surface area contributed by atoms with Crippen molar-refractivity contribution in [2.45, 2.75) is 51.6 Å². The molecule has 17 heavy (non-hydrogen) atoms. The van der Waals surface area contributed by atoms with E-state index in [1.165, 1.54) is 12.8 Å². The third-order valence-corrected chi connectivity index (χ3v) is 3.36. The van der Waals surface area contributed by atoms with Crippen LogP contribution in [0.2, 0.25) is 0 Å². The Balaban J connectivity index is 2.11. The van der Waals surface area contributed by atoms with Crippen LogP contribution in [0, 0.1) is 0 Å². The van der Waals surface area contributed by atoms with E-state index in [-0.39, 0.29) is 12.0 Å². The summed E-state index contributed by atoms with van der Waals surface area (Å²) in [7, 11) is 0.